The lowest BCUT2D eigenvalue weighted by Crippen LogP contribution is -2.51. The summed E-state index contributed by atoms with van der Waals surface area (Å²) in [6.45, 7) is 0.498. The van der Waals surface area contributed by atoms with Gasteiger partial charge in [0.05, 0.1) is 5.52 Å². The van der Waals surface area contributed by atoms with Gasteiger partial charge in [-0.15, -0.1) is 0 Å². The van der Waals surface area contributed by atoms with Crippen molar-refractivity contribution in [2.75, 3.05) is 17.6 Å². The van der Waals surface area contributed by atoms with Crippen molar-refractivity contribution in [2.24, 2.45) is 0 Å². The van der Waals surface area contributed by atoms with Gasteiger partial charge in [-0.1, -0.05) is 65.1 Å². The molecule has 2 heterocycles. The van der Waals surface area contributed by atoms with Crippen molar-refractivity contribution in [3.05, 3.63) is 89.0 Å². The molecular weight excluding hydrogens is 541 g/mol. The quantitative estimate of drug-likeness (QED) is 0.239. The normalized spacial score (nSPS) is 14.1. The molecule has 4 N–H and O–H groups in total. The van der Waals surface area contributed by atoms with E-state index in [4.69, 9.17) is 5.73 Å². The number of benzene rings is 3. The third-order valence-electron chi connectivity index (χ3n) is 6.25. The fourth-order valence-corrected chi connectivity index (χ4v) is 4.94. The van der Waals surface area contributed by atoms with E-state index in [1.807, 2.05) is 48.5 Å². The zero-order valence-corrected chi connectivity index (χ0v) is 20.6. The van der Waals surface area contributed by atoms with Gasteiger partial charge in [0.1, 0.15) is 6.04 Å². The highest BCUT2D eigenvalue weighted by Crippen LogP contribution is 2.26. The van der Waals surface area contributed by atoms with Gasteiger partial charge in [0.25, 0.3) is 5.91 Å². The lowest BCUT2D eigenvalue weighted by atomic mass is 9.94. The molecule has 0 spiro atoms. The number of H-pyrrole nitrogens is 1. The molecule has 1 aromatic heterocycles. The van der Waals surface area contributed by atoms with E-state index in [0.29, 0.717) is 30.0 Å². The molecule has 1 atom stereocenters. The molecule has 0 radical (unpaired) electrons. The molecule has 0 aliphatic carbocycles. The van der Waals surface area contributed by atoms with Crippen LogP contribution >= 0.6 is 22.6 Å². The Labute approximate surface area is 210 Å². The third-order valence-corrected chi connectivity index (χ3v) is 7.13. The summed E-state index contributed by atoms with van der Waals surface area (Å²) >= 11 is 2.32. The summed E-state index contributed by atoms with van der Waals surface area (Å²) in [6, 6.07) is 20.6. The second kappa shape index (κ2) is 9.46. The topological polar surface area (TPSA) is 104 Å². The number of carbonyl (C=O) groups is 2. The standard InChI is InChI=1S/C26H24IN5O2/c27-15-17-6-8-20-18(12-17)10-11-32(26(20)34)23(13-16-4-2-1-3-5-16)25(33)29-19-7-9-21-22(14-19)30-31-24(21)28/h1-9,12,14,23H,10-11,13,15H2,(H,29,33)(H3,28,30,31)/t23-/m0/s1. The van der Waals surface area contributed by atoms with Crippen molar-refractivity contribution in [1.29, 1.82) is 0 Å². The first-order valence-corrected chi connectivity index (χ1v) is 12.6. The Balaban J connectivity index is 1.44. The molecule has 0 bridgehead atoms. The summed E-state index contributed by atoms with van der Waals surface area (Å²) < 4.78 is 0.897. The second-order valence-corrected chi connectivity index (χ2v) is 9.20. The summed E-state index contributed by atoms with van der Waals surface area (Å²) in [7, 11) is 0. The lowest BCUT2D eigenvalue weighted by molar-refractivity contribution is -0.120. The minimum absolute atomic E-state index is 0.103. The Bertz CT molecular complexity index is 1370. The summed E-state index contributed by atoms with van der Waals surface area (Å²) in [5, 5.41) is 10.7. The van der Waals surface area contributed by atoms with Crippen LogP contribution in [0.15, 0.2) is 66.7 Å². The molecule has 8 heteroatoms. The molecule has 0 saturated carbocycles. The van der Waals surface area contributed by atoms with E-state index in [1.54, 1.807) is 17.0 Å². The van der Waals surface area contributed by atoms with E-state index in [1.165, 1.54) is 5.56 Å². The van der Waals surface area contributed by atoms with Crippen molar-refractivity contribution in [3.8, 4) is 0 Å². The van der Waals surface area contributed by atoms with Gasteiger partial charge in [0, 0.05) is 34.0 Å². The fourth-order valence-electron chi connectivity index (χ4n) is 4.47. The van der Waals surface area contributed by atoms with E-state index in [9.17, 15) is 9.59 Å². The van der Waals surface area contributed by atoms with E-state index < -0.39 is 6.04 Å². The number of aromatic nitrogens is 2. The highest BCUT2D eigenvalue weighted by atomic mass is 127. The molecule has 34 heavy (non-hydrogen) atoms. The first-order chi connectivity index (χ1) is 16.5. The smallest absolute Gasteiger partial charge is 0.254 e. The number of hydrogen-bond donors (Lipinski definition) is 3. The number of amides is 2. The van der Waals surface area contributed by atoms with Crippen LogP contribution in [-0.4, -0.2) is 39.5 Å². The molecule has 1 aliphatic heterocycles. The van der Waals surface area contributed by atoms with Gasteiger partial charge in [-0.3, -0.25) is 14.7 Å². The van der Waals surface area contributed by atoms with Gasteiger partial charge >= 0.3 is 0 Å². The average molecular weight is 565 g/mol. The van der Waals surface area contributed by atoms with Crippen LogP contribution in [0, 0.1) is 0 Å². The van der Waals surface area contributed by atoms with Crippen molar-refractivity contribution >= 4 is 56.8 Å². The molecule has 2 amide bonds. The number of nitrogen functional groups attached to an aromatic ring is 1. The number of alkyl halides is 1. The van der Waals surface area contributed by atoms with E-state index >= 15 is 0 Å². The highest BCUT2D eigenvalue weighted by Gasteiger charge is 2.34. The molecule has 172 valence electrons. The van der Waals surface area contributed by atoms with Crippen LogP contribution in [0.3, 0.4) is 0 Å². The van der Waals surface area contributed by atoms with Crippen LogP contribution < -0.4 is 11.1 Å². The SMILES string of the molecule is Nc1n[nH]c2cc(NC(=O)[C@H](Cc3ccccc3)N3CCc4cc(CI)ccc4C3=O)ccc12. The molecular formula is C26H24IN5O2. The van der Waals surface area contributed by atoms with Gasteiger partial charge in [-0.05, 0) is 47.4 Å². The van der Waals surface area contributed by atoms with Gasteiger partial charge in [0.15, 0.2) is 5.82 Å². The van der Waals surface area contributed by atoms with E-state index in [-0.39, 0.29) is 11.8 Å². The van der Waals surface area contributed by atoms with Crippen LogP contribution in [0.4, 0.5) is 11.5 Å². The predicted molar refractivity (Wildman–Crippen MR) is 142 cm³/mol. The minimum Gasteiger partial charge on any atom is -0.382 e. The van der Waals surface area contributed by atoms with Crippen molar-refractivity contribution in [1.82, 2.24) is 15.1 Å². The number of hydrogen-bond acceptors (Lipinski definition) is 4. The Kier molecular flexibility index (Phi) is 6.23. The summed E-state index contributed by atoms with van der Waals surface area (Å²) in [5.41, 5.74) is 11.2. The minimum atomic E-state index is -0.644. The number of nitrogens with one attached hydrogen (secondary N) is 2. The number of anilines is 2. The van der Waals surface area contributed by atoms with Crippen LogP contribution in [0.2, 0.25) is 0 Å². The van der Waals surface area contributed by atoms with Crippen LogP contribution in [0.1, 0.15) is 27.0 Å². The predicted octanol–water partition coefficient (Wildman–Crippen LogP) is 4.33. The zero-order chi connectivity index (χ0) is 23.7. The molecule has 0 fully saturated rings. The maximum Gasteiger partial charge on any atom is 0.254 e. The van der Waals surface area contributed by atoms with Crippen LogP contribution in [0.5, 0.6) is 0 Å². The maximum atomic E-state index is 13.6. The van der Waals surface area contributed by atoms with Crippen molar-refractivity contribution in [2.45, 2.75) is 23.3 Å². The largest absolute Gasteiger partial charge is 0.382 e. The zero-order valence-electron chi connectivity index (χ0n) is 18.4. The second-order valence-electron chi connectivity index (χ2n) is 8.44. The Morgan fingerprint density at radius 3 is 2.74 bits per heavy atom. The van der Waals surface area contributed by atoms with Crippen molar-refractivity contribution < 1.29 is 9.59 Å². The molecule has 3 aromatic carbocycles. The van der Waals surface area contributed by atoms with Gasteiger partial charge in [0.2, 0.25) is 5.91 Å². The molecule has 5 rings (SSSR count). The summed E-state index contributed by atoms with van der Waals surface area (Å²) in [6.07, 6.45) is 1.16. The monoisotopic (exact) mass is 565 g/mol. The molecule has 1 aliphatic rings. The molecule has 0 saturated heterocycles. The van der Waals surface area contributed by atoms with Gasteiger partial charge < -0.3 is 16.0 Å². The number of halogens is 1. The molecule has 4 aromatic rings. The first-order valence-electron chi connectivity index (χ1n) is 11.1. The van der Waals surface area contributed by atoms with Gasteiger partial charge in [-0.2, -0.15) is 5.10 Å². The Morgan fingerprint density at radius 2 is 1.94 bits per heavy atom. The number of carbonyl (C=O) groups excluding carboxylic acids is 2. The maximum absolute atomic E-state index is 13.6. The number of nitrogens with zero attached hydrogens (tertiary/aromatic N) is 2. The molecule has 7 nitrogen and oxygen atoms in total. The fraction of sp³-hybridized carbons (Fsp3) is 0.192. The Morgan fingerprint density at radius 1 is 1.12 bits per heavy atom. The number of rotatable bonds is 6. The summed E-state index contributed by atoms with van der Waals surface area (Å²) in [5.74, 6) is 0.0867. The molecule has 0 unspecified atom stereocenters. The van der Waals surface area contributed by atoms with Gasteiger partial charge in [-0.25, -0.2) is 0 Å². The van der Waals surface area contributed by atoms with E-state index in [0.717, 1.165) is 32.9 Å². The Hall–Kier alpha value is -3.40. The summed E-state index contributed by atoms with van der Waals surface area (Å²) in [4.78, 5) is 28.8. The highest BCUT2D eigenvalue weighted by molar-refractivity contribution is 14.1. The van der Waals surface area contributed by atoms with Crippen LogP contribution in [0.25, 0.3) is 10.9 Å². The first kappa shape index (κ1) is 22.4. The van der Waals surface area contributed by atoms with Crippen molar-refractivity contribution in [3.63, 3.8) is 0 Å². The lowest BCUT2D eigenvalue weighted by Gasteiger charge is -2.35. The number of aromatic amines is 1. The average Bonchev–Trinajstić information content (AvgIpc) is 3.23. The number of fused-ring (bicyclic) bond motifs is 2. The van der Waals surface area contributed by atoms with Crippen LogP contribution in [-0.2, 0) is 22.1 Å². The van der Waals surface area contributed by atoms with E-state index in [2.05, 4.69) is 44.2 Å². The third kappa shape index (κ3) is 4.37. The number of nitrogens with two attached hydrogens (primary N) is 1.